The second-order valence-corrected chi connectivity index (χ2v) is 14.6. The molecule has 0 amide bonds. The van der Waals surface area contributed by atoms with Gasteiger partial charge in [-0.1, -0.05) is 55.3 Å². The van der Waals surface area contributed by atoms with Crippen LogP contribution in [0.25, 0.3) is 0 Å². The lowest BCUT2D eigenvalue weighted by Gasteiger charge is -2.58. The van der Waals surface area contributed by atoms with Gasteiger partial charge in [0.2, 0.25) is 0 Å². The molecular weight excluding hydrogens is 500 g/mol. The average Bonchev–Trinajstić information content (AvgIpc) is 3.08. The van der Waals surface area contributed by atoms with Crippen molar-refractivity contribution in [2.75, 3.05) is 6.54 Å². The number of nitriles is 1. The molecule has 5 heteroatoms. The molecule has 0 spiro atoms. The van der Waals surface area contributed by atoms with Crippen LogP contribution in [0.1, 0.15) is 92.4 Å². The van der Waals surface area contributed by atoms with Crippen LogP contribution in [0.2, 0.25) is 0 Å². The highest BCUT2D eigenvalue weighted by Crippen LogP contribution is 2.68. The summed E-state index contributed by atoms with van der Waals surface area (Å²) in [5.74, 6) is 3.89. The van der Waals surface area contributed by atoms with E-state index in [0.29, 0.717) is 34.0 Å². The lowest BCUT2D eigenvalue weighted by atomic mass is 9.47. The largest absolute Gasteiger partial charge is 0.462 e. The van der Waals surface area contributed by atoms with Crippen molar-refractivity contribution in [3.05, 3.63) is 11.6 Å². The fourth-order valence-electron chi connectivity index (χ4n) is 9.98. The van der Waals surface area contributed by atoms with Crippen LogP contribution in [0, 0.1) is 57.8 Å². The van der Waals surface area contributed by atoms with E-state index in [-0.39, 0.29) is 17.5 Å². The van der Waals surface area contributed by atoms with Gasteiger partial charge in [-0.05, 0) is 97.7 Å². The Hall–Kier alpha value is -1.02. The van der Waals surface area contributed by atoms with Gasteiger partial charge < -0.3 is 9.64 Å². The first-order valence-corrected chi connectivity index (χ1v) is 15.2. The number of nitrogens with zero attached hydrogens (tertiary/aromatic N) is 2. The smallest absolute Gasteiger partial charge is 0.302 e. The molecule has 0 N–H and O–H groups in total. The Labute approximate surface area is 221 Å². The third-order valence-electron chi connectivity index (χ3n) is 11.6. The number of piperidine rings is 1. The standard InChI is InChI=1S/C30H45BrN2O2/c1-18-6-9-27(33(16-18)17-32)19(2)28-26(31)15-25-23-8-7-21-14-22(35-20(3)34)10-12-29(21,4)24(23)11-13-30(25,28)5/h7,18-19,22-28H,6,8-16H2,1-5H3/t18?,19?,22?,23-,24+,25+,26?,27?,28?,29+,30+/m1/s1. The average molecular weight is 546 g/mol. The monoisotopic (exact) mass is 544 g/mol. The molecule has 4 fully saturated rings. The number of carbonyl (C=O) groups excluding carboxylic acids is 1. The highest BCUT2D eigenvalue weighted by atomic mass is 79.9. The van der Waals surface area contributed by atoms with Crippen molar-refractivity contribution in [3.8, 4) is 6.19 Å². The molecule has 0 aromatic rings. The van der Waals surface area contributed by atoms with Crippen molar-refractivity contribution in [2.45, 2.75) is 109 Å². The molecule has 3 saturated carbocycles. The van der Waals surface area contributed by atoms with Crippen LogP contribution >= 0.6 is 15.9 Å². The van der Waals surface area contributed by atoms with Crippen LogP contribution in [-0.4, -0.2) is 34.4 Å². The summed E-state index contributed by atoms with van der Waals surface area (Å²) in [6, 6.07) is 0.390. The molecular formula is C30H45BrN2O2. The van der Waals surface area contributed by atoms with Gasteiger partial charge in [0.15, 0.2) is 6.19 Å². The molecule has 35 heavy (non-hydrogen) atoms. The molecule has 0 aromatic heterocycles. The van der Waals surface area contributed by atoms with Crippen molar-refractivity contribution >= 4 is 21.9 Å². The fraction of sp³-hybridized carbons (Fsp3) is 0.867. The van der Waals surface area contributed by atoms with Crippen LogP contribution in [-0.2, 0) is 9.53 Å². The zero-order valence-corrected chi connectivity index (χ0v) is 24.0. The summed E-state index contributed by atoms with van der Waals surface area (Å²) >= 11 is 4.22. The predicted octanol–water partition coefficient (Wildman–Crippen LogP) is 7.09. The first kappa shape index (κ1) is 25.6. The van der Waals surface area contributed by atoms with Crippen molar-refractivity contribution in [1.82, 2.24) is 4.90 Å². The maximum Gasteiger partial charge on any atom is 0.302 e. The van der Waals surface area contributed by atoms with E-state index in [9.17, 15) is 10.1 Å². The van der Waals surface area contributed by atoms with Gasteiger partial charge in [0.05, 0.1) is 0 Å². The number of ether oxygens (including phenoxy) is 1. The number of hydrogen-bond acceptors (Lipinski definition) is 4. The summed E-state index contributed by atoms with van der Waals surface area (Å²) in [4.78, 5) is 14.2. The van der Waals surface area contributed by atoms with Crippen LogP contribution in [0.5, 0.6) is 0 Å². The molecule has 1 heterocycles. The number of esters is 1. The van der Waals surface area contributed by atoms with Crippen LogP contribution in [0.3, 0.4) is 0 Å². The Morgan fingerprint density at radius 1 is 1.23 bits per heavy atom. The Balaban J connectivity index is 1.37. The Kier molecular flexibility index (Phi) is 6.86. The summed E-state index contributed by atoms with van der Waals surface area (Å²) in [5, 5.41) is 9.92. The van der Waals surface area contributed by atoms with Crippen molar-refractivity contribution < 1.29 is 9.53 Å². The van der Waals surface area contributed by atoms with Crippen molar-refractivity contribution in [3.63, 3.8) is 0 Å². The minimum Gasteiger partial charge on any atom is -0.462 e. The lowest BCUT2D eigenvalue weighted by Crippen LogP contribution is -2.53. The van der Waals surface area contributed by atoms with Gasteiger partial charge in [-0.3, -0.25) is 4.79 Å². The van der Waals surface area contributed by atoms with Gasteiger partial charge in [0.25, 0.3) is 0 Å². The fourth-order valence-corrected chi connectivity index (χ4v) is 11.5. The molecule has 0 bridgehead atoms. The van der Waals surface area contributed by atoms with Gasteiger partial charge in [0, 0.05) is 30.8 Å². The number of hydrogen-bond donors (Lipinski definition) is 0. The summed E-state index contributed by atoms with van der Waals surface area (Å²) in [5.41, 5.74) is 2.18. The molecule has 0 radical (unpaired) electrons. The third kappa shape index (κ3) is 4.18. The van der Waals surface area contributed by atoms with Gasteiger partial charge >= 0.3 is 5.97 Å². The highest BCUT2D eigenvalue weighted by molar-refractivity contribution is 9.09. The number of halogens is 1. The second-order valence-electron chi connectivity index (χ2n) is 13.4. The molecule has 11 atom stereocenters. The Bertz CT molecular complexity index is 913. The molecule has 4 nitrogen and oxygen atoms in total. The maximum atomic E-state index is 11.6. The van der Waals surface area contributed by atoms with E-state index < -0.39 is 0 Å². The number of rotatable bonds is 3. The summed E-state index contributed by atoms with van der Waals surface area (Å²) in [6.07, 6.45) is 15.8. The quantitative estimate of drug-likeness (QED) is 0.165. The van der Waals surface area contributed by atoms with Crippen molar-refractivity contribution in [2.24, 2.45) is 46.3 Å². The van der Waals surface area contributed by atoms with Crippen LogP contribution in [0.4, 0.5) is 0 Å². The summed E-state index contributed by atoms with van der Waals surface area (Å²) < 4.78 is 5.63. The van der Waals surface area contributed by atoms with Crippen molar-refractivity contribution in [1.29, 1.82) is 5.26 Å². The van der Waals surface area contributed by atoms with Gasteiger partial charge in [-0.25, -0.2) is 0 Å². The number of allylic oxidation sites excluding steroid dienone is 1. The van der Waals surface area contributed by atoms with E-state index in [2.05, 4.69) is 60.8 Å². The molecule has 1 saturated heterocycles. The molecule has 194 valence electrons. The third-order valence-corrected chi connectivity index (χ3v) is 12.6. The molecule has 5 aliphatic rings. The second kappa shape index (κ2) is 9.38. The zero-order valence-electron chi connectivity index (χ0n) is 22.4. The minimum absolute atomic E-state index is 0.0714. The highest BCUT2D eigenvalue weighted by Gasteiger charge is 2.62. The summed E-state index contributed by atoms with van der Waals surface area (Å²) in [7, 11) is 0. The molecule has 5 rings (SSSR count). The van der Waals surface area contributed by atoms with E-state index in [1.54, 1.807) is 12.5 Å². The minimum atomic E-state index is -0.141. The lowest BCUT2D eigenvalue weighted by molar-refractivity contribution is -0.148. The molecule has 0 aromatic carbocycles. The van der Waals surface area contributed by atoms with Crippen LogP contribution in [0.15, 0.2) is 11.6 Å². The topological polar surface area (TPSA) is 53.3 Å². The van der Waals surface area contributed by atoms with E-state index >= 15 is 0 Å². The number of alkyl halides is 1. The maximum absolute atomic E-state index is 11.6. The van der Waals surface area contributed by atoms with E-state index in [1.165, 1.54) is 32.1 Å². The number of fused-ring (bicyclic) bond motifs is 5. The van der Waals surface area contributed by atoms with E-state index in [0.717, 1.165) is 50.0 Å². The predicted molar refractivity (Wildman–Crippen MR) is 143 cm³/mol. The molecule has 4 aliphatic carbocycles. The normalized spacial score (nSPS) is 48.0. The molecule has 6 unspecified atom stereocenters. The van der Waals surface area contributed by atoms with Crippen LogP contribution < -0.4 is 0 Å². The first-order valence-electron chi connectivity index (χ1n) is 14.3. The summed E-state index contributed by atoms with van der Waals surface area (Å²) in [6.45, 7) is 12.3. The SMILES string of the molecule is CC(=O)OC1CC[C@@]2(C)C(=CC[C@@H]3[C@@H]2CC[C@]2(C)C(C(C)C4CCC(C)CN4C#N)C(Br)C[C@@H]32)C1. The van der Waals surface area contributed by atoms with Gasteiger partial charge in [0.1, 0.15) is 6.10 Å². The number of carbonyl (C=O) groups is 1. The van der Waals surface area contributed by atoms with E-state index in [4.69, 9.17) is 4.74 Å². The Morgan fingerprint density at radius 3 is 2.71 bits per heavy atom. The first-order chi connectivity index (χ1) is 16.6. The van der Waals surface area contributed by atoms with Gasteiger partial charge in [-0.15, -0.1) is 0 Å². The molecule has 1 aliphatic heterocycles. The number of likely N-dealkylation sites (tertiary alicyclic amines) is 1. The zero-order chi connectivity index (χ0) is 25.1. The van der Waals surface area contributed by atoms with E-state index in [1.807, 2.05) is 0 Å². The van der Waals surface area contributed by atoms with Gasteiger partial charge in [-0.2, -0.15) is 5.26 Å². The Morgan fingerprint density at radius 2 is 2.00 bits per heavy atom.